The largest absolute Gasteiger partial charge is 0.497 e. The molecule has 1 aliphatic rings. The number of nitrogens with one attached hydrogen (secondary N) is 1. The molecule has 3 rings (SSSR count). The Hall–Kier alpha value is -1.59. The van der Waals surface area contributed by atoms with Crippen LogP contribution in [0.5, 0.6) is 5.75 Å². The lowest BCUT2D eigenvalue weighted by Crippen LogP contribution is -2.44. The maximum Gasteiger partial charge on any atom is 0.212 e. The van der Waals surface area contributed by atoms with Crippen molar-refractivity contribution in [2.24, 2.45) is 0 Å². The van der Waals surface area contributed by atoms with Crippen LogP contribution in [0, 0.1) is 0 Å². The summed E-state index contributed by atoms with van der Waals surface area (Å²) in [6.07, 6.45) is 0. The highest BCUT2D eigenvalue weighted by molar-refractivity contribution is 5.74. The highest BCUT2D eigenvalue weighted by Gasteiger charge is 2.22. The van der Waals surface area contributed by atoms with Gasteiger partial charge >= 0.3 is 0 Å². The number of fused-ring (bicyclic) bond motifs is 1. The van der Waals surface area contributed by atoms with E-state index in [1.807, 2.05) is 18.2 Å². The van der Waals surface area contributed by atoms with E-state index < -0.39 is 0 Å². The molecule has 1 N–H and O–H groups in total. The SMILES string of the molecule is COc1ccc2oc(C(C)N3CCNCC3)nc2c1. The van der Waals surface area contributed by atoms with E-state index in [2.05, 4.69) is 22.1 Å². The van der Waals surface area contributed by atoms with Gasteiger partial charge in [-0.3, -0.25) is 4.90 Å². The molecule has 1 aliphatic heterocycles. The van der Waals surface area contributed by atoms with Crippen LogP contribution in [-0.2, 0) is 0 Å². The summed E-state index contributed by atoms with van der Waals surface area (Å²) < 4.78 is 11.1. The number of hydrogen-bond acceptors (Lipinski definition) is 5. The lowest BCUT2D eigenvalue weighted by molar-refractivity contribution is 0.164. The zero-order chi connectivity index (χ0) is 13.2. The van der Waals surface area contributed by atoms with Crippen molar-refractivity contribution in [3.63, 3.8) is 0 Å². The molecule has 5 nitrogen and oxygen atoms in total. The number of hydrogen-bond donors (Lipinski definition) is 1. The molecule has 1 fully saturated rings. The van der Waals surface area contributed by atoms with Crippen LogP contribution < -0.4 is 10.1 Å². The number of ether oxygens (including phenoxy) is 1. The summed E-state index contributed by atoms with van der Waals surface area (Å²) in [4.78, 5) is 6.98. The first-order valence-electron chi connectivity index (χ1n) is 6.67. The zero-order valence-electron chi connectivity index (χ0n) is 11.3. The number of nitrogens with zero attached hydrogens (tertiary/aromatic N) is 2. The molecule has 1 aromatic carbocycles. The maximum atomic E-state index is 5.85. The number of aromatic nitrogens is 1. The van der Waals surface area contributed by atoms with E-state index in [1.165, 1.54) is 0 Å². The predicted octanol–water partition coefficient (Wildman–Crippen LogP) is 1.80. The van der Waals surface area contributed by atoms with Gasteiger partial charge in [0.1, 0.15) is 11.3 Å². The van der Waals surface area contributed by atoms with Crippen molar-refractivity contribution in [3.05, 3.63) is 24.1 Å². The Labute approximate surface area is 112 Å². The summed E-state index contributed by atoms with van der Waals surface area (Å²) in [7, 11) is 1.66. The number of methoxy groups -OCH3 is 1. The van der Waals surface area contributed by atoms with Gasteiger partial charge in [-0.05, 0) is 19.1 Å². The molecular weight excluding hydrogens is 242 g/mol. The van der Waals surface area contributed by atoms with E-state index in [0.717, 1.165) is 48.9 Å². The molecule has 0 saturated carbocycles. The molecule has 0 spiro atoms. The third-order valence-corrected chi connectivity index (χ3v) is 3.67. The Morgan fingerprint density at radius 2 is 2.16 bits per heavy atom. The highest BCUT2D eigenvalue weighted by atomic mass is 16.5. The van der Waals surface area contributed by atoms with E-state index in [-0.39, 0.29) is 6.04 Å². The van der Waals surface area contributed by atoms with Gasteiger partial charge in [0.15, 0.2) is 5.58 Å². The van der Waals surface area contributed by atoms with Crippen molar-refractivity contribution < 1.29 is 9.15 Å². The molecule has 1 unspecified atom stereocenters. The second kappa shape index (κ2) is 5.19. The van der Waals surface area contributed by atoms with Gasteiger partial charge in [-0.1, -0.05) is 0 Å². The van der Waals surface area contributed by atoms with Crippen molar-refractivity contribution in [1.82, 2.24) is 15.2 Å². The smallest absolute Gasteiger partial charge is 0.212 e. The normalized spacial score (nSPS) is 18.6. The van der Waals surface area contributed by atoms with Crippen molar-refractivity contribution in [1.29, 1.82) is 0 Å². The Kier molecular flexibility index (Phi) is 3.40. The molecule has 0 aliphatic carbocycles. The van der Waals surface area contributed by atoms with Crippen LogP contribution in [0.2, 0.25) is 0 Å². The predicted molar refractivity (Wildman–Crippen MR) is 73.4 cm³/mol. The standard InChI is InChI=1S/C14H19N3O2/c1-10(17-7-5-15-6-8-17)14-16-12-9-11(18-2)3-4-13(12)19-14/h3-4,9-10,15H,5-8H2,1-2H3. The quantitative estimate of drug-likeness (QED) is 0.913. The van der Waals surface area contributed by atoms with Crippen LogP contribution in [0.4, 0.5) is 0 Å². The number of oxazole rings is 1. The number of rotatable bonds is 3. The summed E-state index contributed by atoms with van der Waals surface area (Å²) in [5.41, 5.74) is 1.68. The molecule has 1 aromatic heterocycles. The van der Waals surface area contributed by atoms with Gasteiger partial charge in [0, 0.05) is 32.2 Å². The van der Waals surface area contributed by atoms with E-state index in [0.29, 0.717) is 0 Å². The second-order valence-corrected chi connectivity index (χ2v) is 4.85. The van der Waals surface area contributed by atoms with Gasteiger partial charge in [-0.2, -0.15) is 0 Å². The Balaban J connectivity index is 1.87. The van der Waals surface area contributed by atoms with Crippen LogP contribution in [0.3, 0.4) is 0 Å². The molecule has 1 atom stereocenters. The van der Waals surface area contributed by atoms with Crippen molar-refractivity contribution in [2.75, 3.05) is 33.3 Å². The van der Waals surface area contributed by atoms with Crippen LogP contribution in [0.15, 0.2) is 22.6 Å². The molecule has 5 heteroatoms. The van der Waals surface area contributed by atoms with Crippen molar-refractivity contribution in [3.8, 4) is 5.75 Å². The van der Waals surface area contributed by atoms with E-state index in [9.17, 15) is 0 Å². The van der Waals surface area contributed by atoms with E-state index in [4.69, 9.17) is 9.15 Å². The Bertz CT molecular complexity index is 561. The van der Waals surface area contributed by atoms with Gasteiger partial charge in [-0.25, -0.2) is 4.98 Å². The number of piperazine rings is 1. The molecule has 102 valence electrons. The molecule has 19 heavy (non-hydrogen) atoms. The second-order valence-electron chi connectivity index (χ2n) is 4.85. The van der Waals surface area contributed by atoms with E-state index in [1.54, 1.807) is 7.11 Å². The fourth-order valence-electron chi connectivity index (χ4n) is 2.46. The molecule has 1 saturated heterocycles. The van der Waals surface area contributed by atoms with E-state index >= 15 is 0 Å². The minimum Gasteiger partial charge on any atom is -0.497 e. The first-order valence-corrected chi connectivity index (χ1v) is 6.67. The van der Waals surface area contributed by atoms with Gasteiger partial charge in [0.2, 0.25) is 5.89 Å². The van der Waals surface area contributed by atoms with Crippen LogP contribution >= 0.6 is 0 Å². The minimum atomic E-state index is 0.209. The van der Waals surface area contributed by atoms with Crippen LogP contribution in [0.25, 0.3) is 11.1 Å². The fraction of sp³-hybridized carbons (Fsp3) is 0.500. The van der Waals surface area contributed by atoms with Crippen molar-refractivity contribution >= 4 is 11.1 Å². The summed E-state index contributed by atoms with van der Waals surface area (Å²) in [6, 6.07) is 5.93. The molecular formula is C14H19N3O2. The third kappa shape index (κ3) is 2.43. The molecule has 2 heterocycles. The number of benzene rings is 1. The Morgan fingerprint density at radius 3 is 2.89 bits per heavy atom. The topological polar surface area (TPSA) is 50.5 Å². The van der Waals surface area contributed by atoms with Gasteiger partial charge in [0.25, 0.3) is 0 Å². The van der Waals surface area contributed by atoms with Gasteiger partial charge < -0.3 is 14.5 Å². The summed E-state index contributed by atoms with van der Waals surface area (Å²) in [5.74, 6) is 1.59. The zero-order valence-corrected chi connectivity index (χ0v) is 11.3. The molecule has 0 amide bonds. The monoisotopic (exact) mass is 261 g/mol. The lowest BCUT2D eigenvalue weighted by Gasteiger charge is -2.30. The average Bonchev–Trinajstić information content (AvgIpc) is 2.90. The Morgan fingerprint density at radius 1 is 1.37 bits per heavy atom. The van der Waals surface area contributed by atoms with Crippen molar-refractivity contribution in [2.45, 2.75) is 13.0 Å². The lowest BCUT2D eigenvalue weighted by atomic mass is 10.2. The van der Waals surface area contributed by atoms with Gasteiger partial charge in [-0.15, -0.1) is 0 Å². The minimum absolute atomic E-state index is 0.209. The molecule has 0 bridgehead atoms. The summed E-state index contributed by atoms with van der Waals surface area (Å²) in [6.45, 7) is 6.26. The average molecular weight is 261 g/mol. The fourth-order valence-corrected chi connectivity index (χ4v) is 2.46. The first-order chi connectivity index (χ1) is 9.28. The third-order valence-electron chi connectivity index (χ3n) is 3.67. The van der Waals surface area contributed by atoms with Crippen LogP contribution in [-0.4, -0.2) is 43.2 Å². The summed E-state index contributed by atoms with van der Waals surface area (Å²) >= 11 is 0. The first kappa shape index (κ1) is 12.4. The highest BCUT2D eigenvalue weighted by Crippen LogP contribution is 2.26. The van der Waals surface area contributed by atoms with Gasteiger partial charge in [0.05, 0.1) is 13.2 Å². The molecule has 0 radical (unpaired) electrons. The summed E-state index contributed by atoms with van der Waals surface area (Å²) in [5, 5.41) is 3.35. The molecule has 2 aromatic rings. The van der Waals surface area contributed by atoms with Crippen LogP contribution in [0.1, 0.15) is 18.9 Å². The maximum absolute atomic E-state index is 5.85.